The SMILES string of the molecule is O=C(Nc1ccc2cc(S(=O)(=O)O)cc(O)c2c1)c1ccc([N+](=O)[O-])cc1.[H-].[Na+]. The molecule has 3 aromatic carbocycles. The Morgan fingerprint density at radius 2 is 1.71 bits per heavy atom. The number of benzene rings is 3. The second-order valence-electron chi connectivity index (χ2n) is 5.61. The van der Waals surface area contributed by atoms with Crippen molar-refractivity contribution in [3.63, 3.8) is 0 Å². The normalized spacial score (nSPS) is 10.9. The molecule has 0 aliphatic rings. The van der Waals surface area contributed by atoms with Crippen molar-refractivity contribution in [1.82, 2.24) is 0 Å². The number of rotatable bonds is 4. The molecule has 0 saturated heterocycles. The monoisotopic (exact) mass is 412 g/mol. The molecule has 0 fully saturated rings. The van der Waals surface area contributed by atoms with Crippen molar-refractivity contribution in [2.75, 3.05) is 5.32 Å². The van der Waals surface area contributed by atoms with Gasteiger partial charge in [0.05, 0.1) is 9.82 Å². The second kappa shape index (κ2) is 8.25. The predicted molar refractivity (Wildman–Crippen MR) is 97.6 cm³/mol. The molecule has 28 heavy (non-hydrogen) atoms. The van der Waals surface area contributed by atoms with Gasteiger partial charge in [0.2, 0.25) is 0 Å². The van der Waals surface area contributed by atoms with Gasteiger partial charge in [-0.2, -0.15) is 8.42 Å². The maximum absolute atomic E-state index is 12.2. The summed E-state index contributed by atoms with van der Waals surface area (Å²) in [4.78, 5) is 21.9. The Kier molecular flexibility index (Phi) is 6.42. The number of fused-ring (bicyclic) bond motifs is 1. The van der Waals surface area contributed by atoms with E-state index < -0.39 is 25.8 Å². The zero-order chi connectivity index (χ0) is 19.8. The van der Waals surface area contributed by atoms with Gasteiger partial charge in [-0.1, -0.05) is 6.07 Å². The van der Waals surface area contributed by atoms with Gasteiger partial charge in [0, 0.05) is 34.8 Å². The summed E-state index contributed by atoms with van der Waals surface area (Å²) >= 11 is 0. The van der Waals surface area contributed by atoms with Crippen molar-refractivity contribution >= 4 is 38.2 Å². The number of hydrogen-bond acceptors (Lipinski definition) is 6. The summed E-state index contributed by atoms with van der Waals surface area (Å²) in [6.45, 7) is 0. The number of nitro groups is 1. The number of phenols is 1. The summed E-state index contributed by atoms with van der Waals surface area (Å²) in [5, 5.41) is 23.9. The maximum atomic E-state index is 12.2. The molecule has 0 radical (unpaired) electrons. The third kappa shape index (κ3) is 4.66. The summed E-state index contributed by atoms with van der Waals surface area (Å²) in [7, 11) is -4.47. The van der Waals surface area contributed by atoms with Gasteiger partial charge in [-0.25, -0.2) is 0 Å². The van der Waals surface area contributed by atoms with E-state index in [0.29, 0.717) is 11.1 Å². The molecule has 3 rings (SSSR count). The number of phenolic OH excluding ortho intramolecular Hbond substituents is 1. The molecule has 0 bridgehead atoms. The van der Waals surface area contributed by atoms with Gasteiger partial charge in [-0.3, -0.25) is 19.5 Å². The number of nitro benzene ring substituents is 1. The van der Waals surface area contributed by atoms with E-state index >= 15 is 0 Å². The molecule has 0 atom stereocenters. The van der Waals surface area contributed by atoms with E-state index in [4.69, 9.17) is 4.55 Å². The molecule has 3 aromatic rings. The van der Waals surface area contributed by atoms with Crippen molar-refractivity contribution in [3.8, 4) is 5.75 Å². The van der Waals surface area contributed by atoms with Gasteiger partial charge in [-0.05, 0) is 35.7 Å². The van der Waals surface area contributed by atoms with Gasteiger partial charge < -0.3 is 11.8 Å². The first-order valence-corrected chi connectivity index (χ1v) is 8.89. The number of non-ortho nitro benzene ring substituents is 1. The summed E-state index contributed by atoms with van der Waals surface area (Å²) < 4.78 is 31.5. The molecule has 0 saturated carbocycles. The minimum Gasteiger partial charge on any atom is -1.00 e. The quantitative estimate of drug-likeness (QED) is 0.238. The van der Waals surface area contributed by atoms with E-state index in [0.717, 1.165) is 6.07 Å². The fourth-order valence-electron chi connectivity index (χ4n) is 2.48. The number of aromatic hydroxyl groups is 1. The molecule has 3 N–H and O–H groups in total. The number of carbonyl (C=O) groups excluding carboxylic acids is 1. The Morgan fingerprint density at radius 1 is 1.07 bits per heavy atom. The maximum Gasteiger partial charge on any atom is 1.00 e. The van der Waals surface area contributed by atoms with Crippen LogP contribution in [-0.4, -0.2) is 28.9 Å². The molecule has 0 aliphatic carbocycles. The predicted octanol–water partition coefficient (Wildman–Crippen LogP) is 0.0691. The third-order valence-electron chi connectivity index (χ3n) is 3.80. The molecule has 9 nitrogen and oxygen atoms in total. The number of nitrogens with zero attached hydrogens (tertiary/aromatic N) is 1. The average Bonchev–Trinajstić information content (AvgIpc) is 2.61. The Morgan fingerprint density at radius 3 is 2.29 bits per heavy atom. The van der Waals surface area contributed by atoms with E-state index in [1.165, 1.54) is 48.5 Å². The van der Waals surface area contributed by atoms with Crippen LogP contribution in [0.5, 0.6) is 5.75 Å². The van der Waals surface area contributed by atoms with Gasteiger partial charge >= 0.3 is 29.6 Å². The second-order valence-corrected chi connectivity index (χ2v) is 7.03. The molecule has 0 aromatic heterocycles. The zero-order valence-electron chi connectivity index (χ0n) is 15.5. The smallest absolute Gasteiger partial charge is 1.00 e. The molecule has 0 aliphatic heterocycles. The standard InChI is InChI=1S/C17H12N2O7S.Na.H/c20-16-9-14(27(24,25)26)7-11-1-4-12(8-15(11)16)18-17(21)10-2-5-13(6-3-10)19(22)23;;/h1-9,20H,(H,18,21)(H,24,25,26);;/q;+1;-1. The van der Waals surface area contributed by atoms with Crippen LogP contribution in [0.3, 0.4) is 0 Å². The van der Waals surface area contributed by atoms with Crippen molar-refractivity contribution < 1.29 is 58.8 Å². The number of carbonyl (C=O) groups is 1. The molecule has 0 unspecified atom stereocenters. The first kappa shape index (κ1) is 21.8. The van der Waals surface area contributed by atoms with Crippen LogP contribution in [0, 0.1) is 10.1 Å². The van der Waals surface area contributed by atoms with Crippen LogP contribution in [0.2, 0.25) is 0 Å². The molecule has 0 heterocycles. The van der Waals surface area contributed by atoms with Crippen molar-refractivity contribution in [2.24, 2.45) is 0 Å². The van der Waals surface area contributed by atoms with Crippen molar-refractivity contribution in [3.05, 3.63) is 70.3 Å². The van der Waals surface area contributed by atoms with Crippen LogP contribution < -0.4 is 34.9 Å². The fourth-order valence-corrected chi connectivity index (χ4v) is 3.01. The van der Waals surface area contributed by atoms with E-state index in [-0.39, 0.29) is 53.4 Å². The topological polar surface area (TPSA) is 147 Å². The summed E-state index contributed by atoms with van der Waals surface area (Å²) in [5.41, 5.74) is 0.379. The van der Waals surface area contributed by atoms with Gasteiger partial charge in [0.1, 0.15) is 5.75 Å². The number of nitrogens with one attached hydrogen (secondary N) is 1. The molecule has 11 heteroatoms. The van der Waals surface area contributed by atoms with Crippen LogP contribution in [0.4, 0.5) is 11.4 Å². The first-order chi connectivity index (χ1) is 12.6. The Hall–Kier alpha value is -2.50. The minimum absolute atomic E-state index is 0. The van der Waals surface area contributed by atoms with E-state index in [1.807, 2.05) is 0 Å². The van der Waals surface area contributed by atoms with Crippen LogP contribution in [0.15, 0.2) is 59.5 Å². The first-order valence-electron chi connectivity index (χ1n) is 7.45. The van der Waals surface area contributed by atoms with Crippen LogP contribution in [0.1, 0.15) is 11.8 Å². The Balaban J connectivity index is 0.00000210. The third-order valence-corrected chi connectivity index (χ3v) is 4.63. The molecule has 0 spiro atoms. The van der Waals surface area contributed by atoms with E-state index in [1.54, 1.807) is 0 Å². The zero-order valence-corrected chi connectivity index (χ0v) is 17.3. The van der Waals surface area contributed by atoms with Crippen LogP contribution in [0.25, 0.3) is 10.8 Å². The molecular weight excluding hydrogens is 399 g/mol. The summed E-state index contributed by atoms with van der Waals surface area (Å²) in [5.74, 6) is -0.898. The van der Waals surface area contributed by atoms with E-state index in [9.17, 15) is 28.4 Å². The van der Waals surface area contributed by atoms with Gasteiger partial charge in [0.25, 0.3) is 21.7 Å². The number of hydrogen-bond donors (Lipinski definition) is 3. The average molecular weight is 412 g/mol. The fraction of sp³-hybridized carbons (Fsp3) is 0. The summed E-state index contributed by atoms with van der Waals surface area (Å²) in [6.07, 6.45) is 0. The molecule has 1 amide bonds. The summed E-state index contributed by atoms with van der Waals surface area (Å²) in [6, 6.07) is 11.5. The largest absolute Gasteiger partial charge is 1.00 e. The van der Waals surface area contributed by atoms with Crippen molar-refractivity contribution in [1.29, 1.82) is 0 Å². The van der Waals surface area contributed by atoms with Crippen LogP contribution in [-0.2, 0) is 10.1 Å². The van der Waals surface area contributed by atoms with Gasteiger partial charge in [0.15, 0.2) is 0 Å². The van der Waals surface area contributed by atoms with Gasteiger partial charge in [-0.15, -0.1) is 0 Å². The number of anilines is 1. The minimum atomic E-state index is -4.47. The van der Waals surface area contributed by atoms with E-state index in [2.05, 4.69) is 5.32 Å². The Labute approximate surface area is 182 Å². The molecule has 140 valence electrons. The Bertz CT molecular complexity index is 1180. The van der Waals surface area contributed by atoms with Crippen molar-refractivity contribution in [2.45, 2.75) is 4.90 Å². The molecular formula is C17H13N2NaO7S. The van der Waals surface area contributed by atoms with Crippen LogP contribution >= 0.6 is 0 Å². The number of amides is 1.